The molecule has 0 radical (unpaired) electrons. The summed E-state index contributed by atoms with van der Waals surface area (Å²) in [5, 5.41) is 10.7. The number of rotatable bonds is 5. The zero-order chi connectivity index (χ0) is 17.1. The summed E-state index contributed by atoms with van der Waals surface area (Å²) in [5.74, 6) is -1.09. The molecule has 120 valence electrons. The first-order chi connectivity index (χ1) is 10.8. The van der Waals surface area contributed by atoms with E-state index in [9.17, 15) is 19.7 Å². The van der Waals surface area contributed by atoms with Gasteiger partial charge in [0.25, 0.3) is 5.69 Å². The van der Waals surface area contributed by atoms with Crippen LogP contribution in [0.15, 0.2) is 30.5 Å². The SMILES string of the molecule is Cc1ccc(C)c(C(=O)COC(=O)c2cc([N+](=O)[O-])cn2C)c1. The van der Waals surface area contributed by atoms with E-state index < -0.39 is 17.5 Å². The largest absolute Gasteiger partial charge is 0.453 e. The zero-order valence-electron chi connectivity index (χ0n) is 13.0. The van der Waals surface area contributed by atoms with Crippen LogP contribution in [-0.2, 0) is 11.8 Å². The molecule has 0 atom stereocenters. The van der Waals surface area contributed by atoms with Crippen molar-refractivity contribution in [3.63, 3.8) is 0 Å². The van der Waals surface area contributed by atoms with Gasteiger partial charge < -0.3 is 9.30 Å². The highest BCUT2D eigenvalue weighted by molar-refractivity contribution is 6.00. The molecule has 0 amide bonds. The van der Waals surface area contributed by atoms with E-state index in [0.717, 1.165) is 17.2 Å². The molecule has 1 aromatic heterocycles. The second-order valence-corrected chi connectivity index (χ2v) is 5.27. The number of hydrogen-bond donors (Lipinski definition) is 0. The Balaban J connectivity index is 2.08. The predicted molar refractivity (Wildman–Crippen MR) is 82.6 cm³/mol. The van der Waals surface area contributed by atoms with Crippen molar-refractivity contribution in [1.82, 2.24) is 4.57 Å². The van der Waals surface area contributed by atoms with Crippen LogP contribution in [-0.4, -0.2) is 27.8 Å². The standard InChI is InChI=1S/C16H16N2O5/c1-10-4-5-11(2)13(6-10)15(19)9-23-16(20)14-7-12(18(21)22)8-17(14)3/h4-8H,9H2,1-3H3. The van der Waals surface area contributed by atoms with Crippen molar-refractivity contribution in [3.8, 4) is 0 Å². The smallest absolute Gasteiger partial charge is 0.355 e. The van der Waals surface area contributed by atoms with Crippen molar-refractivity contribution in [2.24, 2.45) is 7.05 Å². The summed E-state index contributed by atoms with van der Waals surface area (Å²) in [6, 6.07) is 6.57. The number of hydrogen-bond acceptors (Lipinski definition) is 5. The third-order valence-electron chi connectivity index (χ3n) is 3.44. The van der Waals surface area contributed by atoms with E-state index in [1.165, 1.54) is 17.8 Å². The monoisotopic (exact) mass is 316 g/mol. The highest BCUT2D eigenvalue weighted by atomic mass is 16.6. The van der Waals surface area contributed by atoms with Crippen molar-refractivity contribution in [3.05, 3.63) is 63.0 Å². The molecule has 0 saturated carbocycles. The molecule has 0 unspecified atom stereocenters. The number of nitrogens with zero attached hydrogens (tertiary/aromatic N) is 2. The Morgan fingerprint density at radius 3 is 2.57 bits per heavy atom. The average molecular weight is 316 g/mol. The molecule has 7 nitrogen and oxygen atoms in total. The first kappa shape index (κ1) is 16.4. The lowest BCUT2D eigenvalue weighted by Crippen LogP contribution is -2.17. The number of carbonyl (C=O) groups is 2. The predicted octanol–water partition coefficient (Wildman–Crippen LogP) is 2.59. The number of carbonyl (C=O) groups excluding carboxylic acids is 2. The summed E-state index contributed by atoms with van der Waals surface area (Å²) in [6.45, 7) is 3.25. The van der Waals surface area contributed by atoms with Gasteiger partial charge in [0, 0.05) is 18.7 Å². The third kappa shape index (κ3) is 3.63. The van der Waals surface area contributed by atoms with E-state index in [4.69, 9.17) is 4.74 Å². The number of benzene rings is 1. The minimum Gasteiger partial charge on any atom is -0.453 e. The molecular formula is C16H16N2O5. The Labute approximate surface area is 132 Å². The summed E-state index contributed by atoms with van der Waals surface area (Å²) in [5.41, 5.74) is 2.04. The Bertz CT molecular complexity index is 792. The van der Waals surface area contributed by atoms with Crippen molar-refractivity contribution in [1.29, 1.82) is 0 Å². The van der Waals surface area contributed by atoms with E-state index in [1.54, 1.807) is 13.0 Å². The molecule has 0 fully saturated rings. The van der Waals surface area contributed by atoms with Crippen LogP contribution in [0.3, 0.4) is 0 Å². The Hall–Kier alpha value is -2.96. The maximum absolute atomic E-state index is 12.2. The number of aromatic nitrogens is 1. The van der Waals surface area contributed by atoms with Gasteiger partial charge in [0.2, 0.25) is 5.78 Å². The number of esters is 1. The highest BCUT2D eigenvalue weighted by Gasteiger charge is 2.20. The molecule has 0 spiro atoms. The van der Waals surface area contributed by atoms with Crippen LogP contribution in [0.5, 0.6) is 0 Å². The molecule has 7 heteroatoms. The molecule has 0 saturated heterocycles. The van der Waals surface area contributed by atoms with E-state index in [2.05, 4.69) is 0 Å². The fourth-order valence-electron chi connectivity index (χ4n) is 2.17. The zero-order valence-corrected chi connectivity index (χ0v) is 13.0. The molecule has 2 aromatic rings. The van der Waals surface area contributed by atoms with Crippen LogP contribution in [0.1, 0.15) is 32.0 Å². The number of aryl methyl sites for hydroxylation is 3. The second-order valence-electron chi connectivity index (χ2n) is 5.27. The van der Waals surface area contributed by atoms with Crippen molar-refractivity contribution in [2.75, 3.05) is 6.61 Å². The van der Waals surface area contributed by atoms with Gasteiger partial charge in [-0.1, -0.05) is 17.7 Å². The first-order valence-corrected chi connectivity index (χ1v) is 6.88. The van der Waals surface area contributed by atoms with Crippen LogP contribution in [0.4, 0.5) is 5.69 Å². The van der Waals surface area contributed by atoms with Gasteiger partial charge in [-0.3, -0.25) is 14.9 Å². The third-order valence-corrected chi connectivity index (χ3v) is 3.44. The van der Waals surface area contributed by atoms with Gasteiger partial charge >= 0.3 is 5.97 Å². The summed E-state index contributed by atoms with van der Waals surface area (Å²) in [4.78, 5) is 34.2. The summed E-state index contributed by atoms with van der Waals surface area (Å²) >= 11 is 0. The molecule has 1 aromatic carbocycles. The maximum Gasteiger partial charge on any atom is 0.355 e. The van der Waals surface area contributed by atoms with Crippen molar-refractivity contribution < 1.29 is 19.2 Å². The summed E-state index contributed by atoms with van der Waals surface area (Å²) < 4.78 is 6.28. The van der Waals surface area contributed by atoms with Gasteiger partial charge in [0.15, 0.2) is 6.61 Å². The number of Topliss-reactive ketones (excluding diaryl/α,β-unsaturated/α-hetero) is 1. The van der Waals surface area contributed by atoms with Crippen LogP contribution < -0.4 is 0 Å². The van der Waals surface area contributed by atoms with Gasteiger partial charge in [-0.05, 0) is 25.5 Å². The van der Waals surface area contributed by atoms with E-state index >= 15 is 0 Å². The normalized spacial score (nSPS) is 10.4. The number of nitro groups is 1. The van der Waals surface area contributed by atoms with Gasteiger partial charge in [0.05, 0.1) is 11.1 Å². The van der Waals surface area contributed by atoms with E-state index in [-0.39, 0.29) is 17.2 Å². The van der Waals surface area contributed by atoms with E-state index in [1.807, 2.05) is 19.1 Å². The Morgan fingerprint density at radius 1 is 1.26 bits per heavy atom. The lowest BCUT2D eigenvalue weighted by atomic mass is 10.0. The van der Waals surface area contributed by atoms with Crippen LogP contribution in [0.25, 0.3) is 0 Å². The van der Waals surface area contributed by atoms with Crippen molar-refractivity contribution in [2.45, 2.75) is 13.8 Å². The fraction of sp³-hybridized carbons (Fsp3) is 0.250. The topological polar surface area (TPSA) is 91.4 Å². The van der Waals surface area contributed by atoms with Gasteiger partial charge in [-0.2, -0.15) is 0 Å². The number of ether oxygens (including phenoxy) is 1. The molecule has 0 aliphatic heterocycles. The lowest BCUT2D eigenvalue weighted by Gasteiger charge is -2.07. The molecule has 0 N–H and O–H groups in total. The molecule has 23 heavy (non-hydrogen) atoms. The molecule has 0 bridgehead atoms. The van der Waals surface area contributed by atoms with E-state index in [0.29, 0.717) is 5.56 Å². The molecular weight excluding hydrogens is 300 g/mol. The quantitative estimate of drug-likeness (QED) is 0.366. The van der Waals surface area contributed by atoms with Gasteiger partial charge in [-0.25, -0.2) is 4.79 Å². The van der Waals surface area contributed by atoms with Crippen LogP contribution in [0.2, 0.25) is 0 Å². The minimum absolute atomic E-state index is 0.0189. The average Bonchev–Trinajstić information content (AvgIpc) is 2.89. The maximum atomic E-state index is 12.2. The molecule has 0 aliphatic rings. The fourth-order valence-corrected chi connectivity index (χ4v) is 2.17. The van der Waals surface area contributed by atoms with Crippen molar-refractivity contribution >= 4 is 17.4 Å². The Kier molecular flexibility index (Phi) is 4.59. The summed E-state index contributed by atoms with van der Waals surface area (Å²) in [6.07, 6.45) is 1.21. The highest BCUT2D eigenvalue weighted by Crippen LogP contribution is 2.16. The molecule has 1 heterocycles. The molecule has 0 aliphatic carbocycles. The van der Waals surface area contributed by atoms with Crippen LogP contribution in [0, 0.1) is 24.0 Å². The second kappa shape index (κ2) is 6.43. The minimum atomic E-state index is -0.778. The summed E-state index contributed by atoms with van der Waals surface area (Å²) in [7, 11) is 1.50. The van der Waals surface area contributed by atoms with Gasteiger partial charge in [-0.15, -0.1) is 0 Å². The van der Waals surface area contributed by atoms with Crippen LogP contribution >= 0.6 is 0 Å². The lowest BCUT2D eigenvalue weighted by molar-refractivity contribution is -0.384. The Morgan fingerprint density at radius 2 is 1.96 bits per heavy atom. The first-order valence-electron chi connectivity index (χ1n) is 6.88. The molecule has 2 rings (SSSR count). The number of ketones is 1. The van der Waals surface area contributed by atoms with Gasteiger partial charge in [0.1, 0.15) is 5.69 Å².